The monoisotopic (exact) mass is 442 g/mol. The molecule has 3 rings (SSSR count). The van der Waals surface area contributed by atoms with Crippen LogP contribution < -0.4 is 14.8 Å². The number of phenolic OH excluding ortho intramolecular Hbond substituents is 1. The number of hydrogen-bond donors (Lipinski definition) is 2. The first-order chi connectivity index (χ1) is 14.9. The minimum atomic E-state index is -0.599. The lowest BCUT2D eigenvalue weighted by atomic mass is 10.1. The second-order valence-electron chi connectivity index (χ2n) is 6.40. The Labute approximate surface area is 183 Å². The van der Waals surface area contributed by atoms with Crippen molar-refractivity contribution in [2.75, 3.05) is 25.1 Å². The standard InChI is InChI=1S/C22H22N2O6S/c1-3-29-16-10-8-15(9-11-16)23-19(25)13-24-21(27)18(31-22(24)28)12-14-6-5-7-17(20(14)26)30-4-2/h5-12,26H,3-4,13H2,1-2H3,(H,23,25)/b18-12-. The van der Waals surface area contributed by atoms with Gasteiger partial charge in [0.25, 0.3) is 11.1 Å². The maximum atomic E-state index is 12.7. The van der Waals surface area contributed by atoms with E-state index in [9.17, 15) is 19.5 Å². The van der Waals surface area contributed by atoms with Crippen LogP contribution in [0.15, 0.2) is 47.4 Å². The Bertz CT molecular complexity index is 1020. The molecule has 0 aliphatic carbocycles. The quantitative estimate of drug-likeness (QED) is 0.598. The zero-order chi connectivity index (χ0) is 22.4. The summed E-state index contributed by atoms with van der Waals surface area (Å²) >= 11 is 0.710. The van der Waals surface area contributed by atoms with E-state index in [0.29, 0.717) is 42.0 Å². The highest BCUT2D eigenvalue weighted by Crippen LogP contribution is 2.36. The number of phenols is 1. The van der Waals surface area contributed by atoms with Crippen LogP contribution >= 0.6 is 11.8 Å². The maximum absolute atomic E-state index is 12.7. The van der Waals surface area contributed by atoms with Crippen molar-refractivity contribution in [3.63, 3.8) is 0 Å². The van der Waals surface area contributed by atoms with E-state index in [1.807, 2.05) is 6.92 Å². The van der Waals surface area contributed by atoms with Crippen molar-refractivity contribution < 1.29 is 29.0 Å². The first-order valence-electron chi connectivity index (χ1n) is 9.65. The highest BCUT2D eigenvalue weighted by molar-refractivity contribution is 8.18. The zero-order valence-corrected chi connectivity index (χ0v) is 17.9. The van der Waals surface area contributed by atoms with Crippen molar-refractivity contribution in [2.45, 2.75) is 13.8 Å². The molecule has 8 nitrogen and oxygen atoms in total. The molecule has 1 fully saturated rings. The van der Waals surface area contributed by atoms with Crippen LogP contribution in [0.2, 0.25) is 0 Å². The average molecular weight is 442 g/mol. The predicted molar refractivity (Wildman–Crippen MR) is 118 cm³/mol. The Hall–Kier alpha value is -3.46. The smallest absolute Gasteiger partial charge is 0.294 e. The summed E-state index contributed by atoms with van der Waals surface area (Å²) in [6.45, 7) is 4.15. The van der Waals surface area contributed by atoms with Crippen LogP contribution in [-0.2, 0) is 9.59 Å². The number of hydrogen-bond acceptors (Lipinski definition) is 7. The number of nitrogens with one attached hydrogen (secondary N) is 1. The number of amides is 3. The van der Waals surface area contributed by atoms with Crippen molar-refractivity contribution in [3.8, 4) is 17.2 Å². The van der Waals surface area contributed by atoms with Gasteiger partial charge in [0, 0.05) is 11.3 Å². The molecule has 1 aliphatic heterocycles. The molecule has 9 heteroatoms. The number of anilines is 1. The molecule has 0 unspecified atom stereocenters. The lowest BCUT2D eigenvalue weighted by Crippen LogP contribution is -2.36. The molecule has 0 aromatic heterocycles. The summed E-state index contributed by atoms with van der Waals surface area (Å²) in [5, 5.41) is 12.4. The van der Waals surface area contributed by atoms with Gasteiger partial charge in [0.2, 0.25) is 5.91 Å². The molecule has 0 spiro atoms. The second-order valence-corrected chi connectivity index (χ2v) is 7.39. The van der Waals surface area contributed by atoms with Gasteiger partial charge in [-0.05, 0) is 62.0 Å². The van der Waals surface area contributed by atoms with Crippen LogP contribution in [0.5, 0.6) is 17.2 Å². The van der Waals surface area contributed by atoms with Gasteiger partial charge < -0.3 is 19.9 Å². The number of benzene rings is 2. The third-order valence-corrected chi connectivity index (χ3v) is 5.15. The Morgan fingerprint density at radius 1 is 1.10 bits per heavy atom. The molecule has 162 valence electrons. The van der Waals surface area contributed by atoms with Gasteiger partial charge in [0.05, 0.1) is 18.1 Å². The third-order valence-electron chi connectivity index (χ3n) is 4.24. The number of nitrogens with zero attached hydrogens (tertiary/aromatic N) is 1. The molecule has 0 atom stereocenters. The van der Waals surface area contributed by atoms with Crippen LogP contribution in [0.4, 0.5) is 10.5 Å². The first-order valence-corrected chi connectivity index (χ1v) is 10.5. The van der Waals surface area contributed by atoms with E-state index in [-0.39, 0.29) is 16.4 Å². The summed E-state index contributed by atoms with van der Waals surface area (Å²) in [5.74, 6) is -0.269. The molecule has 2 aromatic rings. The lowest BCUT2D eigenvalue weighted by molar-refractivity contribution is -0.127. The molecule has 31 heavy (non-hydrogen) atoms. The third kappa shape index (κ3) is 5.37. The van der Waals surface area contributed by atoms with Crippen molar-refractivity contribution in [1.82, 2.24) is 4.90 Å². The van der Waals surface area contributed by atoms with Crippen LogP contribution in [0.3, 0.4) is 0 Å². The van der Waals surface area contributed by atoms with E-state index in [1.165, 1.54) is 6.08 Å². The topological polar surface area (TPSA) is 105 Å². The number of thioether (sulfide) groups is 1. The molecule has 2 N–H and O–H groups in total. The molecular formula is C22H22N2O6S. The van der Waals surface area contributed by atoms with Gasteiger partial charge in [-0.3, -0.25) is 19.3 Å². The zero-order valence-electron chi connectivity index (χ0n) is 17.1. The van der Waals surface area contributed by atoms with Crippen LogP contribution in [-0.4, -0.2) is 46.8 Å². The maximum Gasteiger partial charge on any atom is 0.294 e. The molecule has 2 aromatic carbocycles. The van der Waals surface area contributed by atoms with Gasteiger partial charge in [-0.1, -0.05) is 12.1 Å². The minimum Gasteiger partial charge on any atom is -0.504 e. The van der Waals surface area contributed by atoms with Crippen molar-refractivity contribution in [2.24, 2.45) is 0 Å². The average Bonchev–Trinajstić information content (AvgIpc) is 3.00. The number of rotatable bonds is 8. The number of carbonyl (C=O) groups is 3. The molecular weight excluding hydrogens is 420 g/mol. The van der Waals surface area contributed by atoms with Crippen LogP contribution in [0, 0.1) is 0 Å². The molecule has 3 amide bonds. The van der Waals surface area contributed by atoms with Crippen molar-refractivity contribution >= 4 is 40.6 Å². The summed E-state index contributed by atoms with van der Waals surface area (Å²) in [5.41, 5.74) is 0.865. The van der Waals surface area contributed by atoms with Crippen molar-refractivity contribution in [1.29, 1.82) is 0 Å². The second kappa shape index (κ2) is 10.0. The van der Waals surface area contributed by atoms with E-state index < -0.39 is 23.6 Å². The Morgan fingerprint density at radius 3 is 2.48 bits per heavy atom. The van der Waals surface area contributed by atoms with E-state index >= 15 is 0 Å². The summed E-state index contributed by atoms with van der Waals surface area (Å²) in [6, 6.07) is 11.6. The molecule has 1 aliphatic rings. The SMILES string of the molecule is CCOc1ccc(NC(=O)CN2C(=O)S/C(=C\c3cccc(OCC)c3O)C2=O)cc1. The first kappa shape index (κ1) is 22.2. The highest BCUT2D eigenvalue weighted by Gasteiger charge is 2.36. The van der Waals surface area contributed by atoms with Crippen molar-refractivity contribution in [3.05, 3.63) is 52.9 Å². The van der Waals surface area contributed by atoms with E-state index in [0.717, 1.165) is 4.90 Å². The summed E-state index contributed by atoms with van der Waals surface area (Å²) in [7, 11) is 0. The van der Waals surface area contributed by atoms with E-state index in [2.05, 4.69) is 5.32 Å². The van der Waals surface area contributed by atoms with Gasteiger partial charge in [-0.25, -0.2) is 0 Å². The Kier molecular flexibility index (Phi) is 7.19. The number of aromatic hydroxyl groups is 1. The summed E-state index contributed by atoms with van der Waals surface area (Å²) < 4.78 is 10.7. The molecule has 0 saturated carbocycles. The Morgan fingerprint density at radius 2 is 1.81 bits per heavy atom. The Balaban J connectivity index is 1.68. The van der Waals surface area contributed by atoms with Gasteiger partial charge in [-0.15, -0.1) is 0 Å². The van der Waals surface area contributed by atoms with E-state index in [1.54, 1.807) is 49.4 Å². The van der Waals surface area contributed by atoms with Crippen LogP contribution in [0.1, 0.15) is 19.4 Å². The van der Waals surface area contributed by atoms with Crippen LogP contribution in [0.25, 0.3) is 6.08 Å². The molecule has 0 radical (unpaired) electrons. The highest BCUT2D eigenvalue weighted by atomic mass is 32.2. The molecule has 0 bridgehead atoms. The summed E-state index contributed by atoms with van der Waals surface area (Å²) in [4.78, 5) is 38.3. The van der Waals surface area contributed by atoms with E-state index in [4.69, 9.17) is 9.47 Å². The van der Waals surface area contributed by atoms with Gasteiger partial charge in [0.1, 0.15) is 12.3 Å². The fourth-order valence-corrected chi connectivity index (χ4v) is 3.68. The minimum absolute atomic E-state index is 0.114. The lowest BCUT2D eigenvalue weighted by Gasteiger charge is -2.13. The van der Waals surface area contributed by atoms with Gasteiger partial charge >= 0.3 is 0 Å². The fraction of sp³-hybridized carbons (Fsp3) is 0.227. The molecule has 1 saturated heterocycles. The fourth-order valence-electron chi connectivity index (χ4n) is 2.85. The molecule has 1 heterocycles. The van der Waals surface area contributed by atoms with Gasteiger partial charge in [0.15, 0.2) is 11.5 Å². The number of imide groups is 1. The number of carbonyl (C=O) groups excluding carboxylic acids is 3. The normalized spacial score (nSPS) is 14.8. The number of ether oxygens (including phenoxy) is 2. The predicted octanol–water partition coefficient (Wildman–Crippen LogP) is 3.86. The summed E-state index contributed by atoms with van der Waals surface area (Å²) in [6.07, 6.45) is 1.41. The van der Waals surface area contributed by atoms with Gasteiger partial charge in [-0.2, -0.15) is 0 Å². The number of para-hydroxylation sites is 1. The largest absolute Gasteiger partial charge is 0.504 e.